The molecule has 1 heterocycles. The van der Waals surface area contributed by atoms with Gasteiger partial charge in [0.1, 0.15) is 5.75 Å². The van der Waals surface area contributed by atoms with Crippen molar-refractivity contribution in [3.05, 3.63) is 59.7 Å². The predicted octanol–water partition coefficient (Wildman–Crippen LogP) is 4.08. The zero-order valence-electron chi connectivity index (χ0n) is 14.3. The SMILES string of the molecule is Cc1ccccc1C(=O)Nc1nonc1-c1ccc(OC(C)C)cc1. The Labute approximate surface area is 145 Å². The van der Waals surface area contributed by atoms with E-state index in [4.69, 9.17) is 9.37 Å². The van der Waals surface area contributed by atoms with Gasteiger partial charge in [-0.2, -0.15) is 0 Å². The summed E-state index contributed by atoms with van der Waals surface area (Å²) in [5.74, 6) is 0.793. The van der Waals surface area contributed by atoms with Gasteiger partial charge in [0.15, 0.2) is 5.69 Å². The summed E-state index contributed by atoms with van der Waals surface area (Å²) in [5, 5.41) is 10.5. The number of ether oxygens (including phenoxy) is 1. The van der Waals surface area contributed by atoms with Crippen molar-refractivity contribution in [3.63, 3.8) is 0 Å². The topological polar surface area (TPSA) is 77.3 Å². The van der Waals surface area contributed by atoms with Crippen LogP contribution < -0.4 is 10.1 Å². The molecule has 6 nitrogen and oxygen atoms in total. The minimum atomic E-state index is -0.255. The number of rotatable bonds is 5. The molecule has 0 saturated carbocycles. The van der Waals surface area contributed by atoms with E-state index in [9.17, 15) is 4.79 Å². The highest BCUT2D eigenvalue weighted by Crippen LogP contribution is 2.27. The van der Waals surface area contributed by atoms with Crippen LogP contribution in [0.5, 0.6) is 5.75 Å². The van der Waals surface area contributed by atoms with Crippen molar-refractivity contribution in [3.8, 4) is 17.0 Å². The van der Waals surface area contributed by atoms with Gasteiger partial charge >= 0.3 is 0 Å². The summed E-state index contributed by atoms with van der Waals surface area (Å²) in [5.41, 5.74) is 2.71. The molecule has 0 atom stereocenters. The van der Waals surface area contributed by atoms with Crippen LogP contribution in [0.1, 0.15) is 29.8 Å². The van der Waals surface area contributed by atoms with E-state index in [1.54, 1.807) is 6.07 Å². The van der Waals surface area contributed by atoms with E-state index in [1.165, 1.54) is 0 Å². The van der Waals surface area contributed by atoms with Crippen LogP contribution in [-0.4, -0.2) is 22.3 Å². The van der Waals surface area contributed by atoms with Crippen molar-refractivity contribution < 1.29 is 14.2 Å². The minimum absolute atomic E-state index is 0.100. The monoisotopic (exact) mass is 337 g/mol. The molecule has 3 aromatic rings. The van der Waals surface area contributed by atoms with Crippen molar-refractivity contribution in [1.29, 1.82) is 0 Å². The highest BCUT2D eigenvalue weighted by Gasteiger charge is 2.17. The van der Waals surface area contributed by atoms with E-state index in [-0.39, 0.29) is 17.8 Å². The first-order chi connectivity index (χ1) is 12.0. The van der Waals surface area contributed by atoms with Gasteiger partial charge in [-0.15, -0.1) is 0 Å². The van der Waals surface area contributed by atoms with E-state index in [1.807, 2.05) is 63.2 Å². The summed E-state index contributed by atoms with van der Waals surface area (Å²) in [6.45, 7) is 5.81. The third-order valence-electron chi connectivity index (χ3n) is 3.61. The van der Waals surface area contributed by atoms with Gasteiger partial charge in [0.25, 0.3) is 5.91 Å². The third kappa shape index (κ3) is 3.85. The Hall–Kier alpha value is -3.15. The standard InChI is InChI=1S/C19H19N3O3/c1-12(2)24-15-10-8-14(9-11-15)17-18(22-25-21-17)20-19(23)16-7-5-4-6-13(16)3/h4-12H,1-3H3,(H,20,22,23). The molecule has 128 valence electrons. The maximum atomic E-state index is 12.5. The van der Waals surface area contributed by atoms with Gasteiger partial charge in [0.2, 0.25) is 5.82 Å². The van der Waals surface area contributed by atoms with E-state index in [0.717, 1.165) is 16.9 Å². The van der Waals surface area contributed by atoms with Gasteiger partial charge in [0, 0.05) is 11.1 Å². The van der Waals surface area contributed by atoms with Crippen LogP contribution in [0.15, 0.2) is 53.2 Å². The fourth-order valence-corrected chi connectivity index (χ4v) is 2.43. The third-order valence-corrected chi connectivity index (χ3v) is 3.61. The summed E-state index contributed by atoms with van der Waals surface area (Å²) in [4.78, 5) is 12.5. The van der Waals surface area contributed by atoms with Crippen molar-refractivity contribution in [2.75, 3.05) is 5.32 Å². The fourth-order valence-electron chi connectivity index (χ4n) is 2.43. The summed E-state index contributed by atoms with van der Waals surface area (Å²) in [7, 11) is 0. The normalized spacial score (nSPS) is 10.7. The van der Waals surface area contributed by atoms with E-state index in [0.29, 0.717) is 11.3 Å². The summed E-state index contributed by atoms with van der Waals surface area (Å²) >= 11 is 0. The minimum Gasteiger partial charge on any atom is -0.491 e. The average molecular weight is 337 g/mol. The molecule has 25 heavy (non-hydrogen) atoms. The highest BCUT2D eigenvalue weighted by molar-refractivity contribution is 6.06. The number of amides is 1. The van der Waals surface area contributed by atoms with Gasteiger partial charge in [0.05, 0.1) is 6.10 Å². The maximum Gasteiger partial charge on any atom is 0.257 e. The second kappa shape index (κ2) is 7.17. The number of hydrogen-bond donors (Lipinski definition) is 1. The number of aryl methyl sites for hydroxylation is 1. The van der Waals surface area contributed by atoms with Crippen molar-refractivity contribution >= 4 is 11.7 Å². The van der Waals surface area contributed by atoms with Gasteiger partial charge in [-0.25, -0.2) is 4.63 Å². The lowest BCUT2D eigenvalue weighted by molar-refractivity contribution is 0.102. The Kier molecular flexibility index (Phi) is 4.79. The molecular weight excluding hydrogens is 318 g/mol. The molecule has 1 aromatic heterocycles. The first-order valence-electron chi connectivity index (χ1n) is 8.01. The number of benzene rings is 2. The van der Waals surface area contributed by atoms with Crippen molar-refractivity contribution in [1.82, 2.24) is 10.3 Å². The van der Waals surface area contributed by atoms with Crippen LogP contribution in [0.4, 0.5) is 5.82 Å². The molecule has 0 saturated heterocycles. The predicted molar refractivity (Wildman–Crippen MR) is 94.6 cm³/mol. The van der Waals surface area contributed by atoms with Crippen LogP contribution in [-0.2, 0) is 0 Å². The Bertz CT molecular complexity index is 870. The van der Waals surface area contributed by atoms with Gasteiger partial charge < -0.3 is 10.1 Å². The quantitative estimate of drug-likeness (QED) is 0.759. The number of anilines is 1. The van der Waals surface area contributed by atoms with Gasteiger partial charge in [-0.1, -0.05) is 18.2 Å². The molecule has 0 radical (unpaired) electrons. The summed E-state index contributed by atoms with van der Waals surface area (Å²) in [6, 6.07) is 14.7. The van der Waals surface area contributed by atoms with Crippen LogP contribution in [0, 0.1) is 6.92 Å². The van der Waals surface area contributed by atoms with Gasteiger partial charge in [-0.05, 0) is 67.0 Å². The smallest absolute Gasteiger partial charge is 0.257 e. The summed E-state index contributed by atoms with van der Waals surface area (Å²) in [6.07, 6.45) is 0.100. The molecule has 0 bridgehead atoms. The first-order valence-corrected chi connectivity index (χ1v) is 8.01. The number of nitrogens with zero attached hydrogens (tertiary/aromatic N) is 2. The van der Waals surface area contributed by atoms with Crippen LogP contribution in [0.25, 0.3) is 11.3 Å². The summed E-state index contributed by atoms with van der Waals surface area (Å²) < 4.78 is 10.4. The Morgan fingerprint density at radius 2 is 1.80 bits per heavy atom. The van der Waals surface area contributed by atoms with Gasteiger partial charge in [-0.3, -0.25) is 4.79 Å². The highest BCUT2D eigenvalue weighted by atomic mass is 16.6. The second-order valence-electron chi connectivity index (χ2n) is 5.92. The van der Waals surface area contributed by atoms with Crippen LogP contribution in [0.3, 0.4) is 0 Å². The molecule has 0 aliphatic carbocycles. The number of carbonyl (C=O) groups excluding carboxylic acids is 1. The molecule has 0 unspecified atom stereocenters. The number of hydrogen-bond acceptors (Lipinski definition) is 5. The number of nitrogens with one attached hydrogen (secondary N) is 1. The lowest BCUT2D eigenvalue weighted by Crippen LogP contribution is -2.14. The zero-order chi connectivity index (χ0) is 17.8. The molecular formula is C19H19N3O3. The van der Waals surface area contributed by atoms with Crippen molar-refractivity contribution in [2.24, 2.45) is 0 Å². The number of carbonyl (C=O) groups is 1. The van der Waals surface area contributed by atoms with Crippen LogP contribution >= 0.6 is 0 Å². The molecule has 3 rings (SSSR count). The second-order valence-corrected chi connectivity index (χ2v) is 5.92. The maximum absolute atomic E-state index is 12.5. The lowest BCUT2D eigenvalue weighted by atomic mass is 10.1. The Balaban J connectivity index is 1.81. The fraction of sp³-hybridized carbons (Fsp3) is 0.211. The Morgan fingerprint density at radius 1 is 1.08 bits per heavy atom. The molecule has 0 spiro atoms. The van der Waals surface area contributed by atoms with Crippen molar-refractivity contribution in [2.45, 2.75) is 26.9 Å². The van der Waals surface area contributed by atoms with E-state index in [2.05, 4.69) is 15.6 Å². The molecule has 0 aliphatic heterocycles. The molecule has 1 amide bonds. The largest absolute Gasteiger partial charge is 0.491 e. The molecule has 2 aromatic carbocycles. The van der Waals surface area contributed by atoms with Crippen LogP contribution in [0.2, 0.25) is 0 Å². The molecule has 1 N–H and O–H groups in total. The average Bonchev–Trinajstić information content (AvgIpc) is 3.03. The molecule has 6 heteroatoms. The molecule has 0 aliphatic rings. The zero-order valence-corrected chi connectivity index (χ0v) is 14.3. The lowest BCUT2D eigenvalue weighted by Gasteiger charge is -2.10. The first kappa shape index (κ1) is 16.7. The number of aromatic nitrogens is 2. The Morgan fingerprint density at radius 3 is 2.48 bits per heavy atom. The van der Waals surface area contributed by atoms with E-state index < -0.39 is 0 Å². The molecule has 0 fully saturated rings. The van der Waals surface area contributed by atoms with E-state index >= 15 is 0 Å².